The Morgan fingerprint density at radius 1 is 1.69 bits per heavy atom. The second-order valence-electron chi connectivity index (χ2n) is 3.52. The number of nitrogens with two attached hydrogens (primary N) is 1. The van der Waals surface area contributed by atoms with E-state index in [1.54, 1.807) is 0 Å². The van der Waals surface area contributed by atoms with Gasteiger partial charge in [0.05, 0.1) is 7.11 Å². The van der Waals surface area contributed by atoms with E-state index in [-0.39, 0.29) is 5.97 Å². The molecule has 1 aliphatic rings. The van der Waals surface area contributed by atoms with Crippen LogP contribution in [0.1, 0.15) is 25.7 Å². The molecule has 13 heavy (non-hydrogen) atoms. The fourth-order valence-electron chi connectivity index (χ4n) is 1.68. The lowest BCUT2D eigenvalue weighted by atomic mass is 9.89. The maximum atomic E-state index is 11.0. The van der Waals surface area contributed by atoms with E-state index in [1.165, 1.54) is 7.11 Å². The minimum absolute atomic E-state index is 0.297. The third-order valence-corrected chi connectivity index (χ3v) is 2.47. The number of carbonyl (C=O) groups is 1. The number of carbonyl (C=O) groups excluding carboxylic acids is 1. The van der Waals surface area contributed by atoms with Crippen LogP contribution in [0.4, 0.5) is 0 Å². The summed E-state index contributed by atoms with van der Waals surface area (Å²) in [5.41, 5.74) is 5.66. The Balaban J connectivity index is 2.30. The molecule has 0 spiro atoms. The maximum Gasteiger partial charge on any atom is 0.322 e. The summed E-state index contributed by atoms with van der Waals surface area (Å²) in [6, 6.07) is -0.443. The smallest absolute Gasteiger partial charge is 0.322 e. The van der Waals surface area contributed by atoms with Gasteiger partial charge in [-0.3, -0.25) is 4.79 Å². The van der Waals surface area contributed by atoms with Gasteiger partial charge in [-0.25, -0.2) is 0 Å². The third kappa shape index (κ3) is 3.19. The summed E-state index contributed by atoms with van der Waals surface area (Å²) < 4.78 is 4.57. The second-order valence-corrected chi connectivity index (χ2v) is 3.52. The van der Waals surface area contributed by atoms with Crippen LogP contribution in [-0.4, -0.2) is 19.1 Å². The van der Waals surface area contributed by atoms with Gasteiger partial charge in [-0.2, -0.15) is 0 Å². The van der Waals surface area contributed by atoms with Crippen LogP contribution in [-0.2, 0) is 9.53 Å². The molecule has 1 aliphatic carbocycles. The SMILES string of the molecule is COC(=O)C(N)CC1CC=CCC1. The van der Waals surface area contributed by atoms with Crippen molar-refractivity contribution < 1.29 is 9.53 Å². The average Bonchev–Trinajstić information content (AvgIpc) is 2.18. The molecule has 0 aliphatic heterocycles. The van der Waals surface area contributed by atoms with Crippen molar-refractivity contribution in [1.82, 2.24) is 0 Å². The molecule has 0 aromatic carbocycles. The Bertz CT molecular complexity index is 201. The molecule has 0 fully saturated rings. The highest BCUT2D eigenvalue weighted by Crippen LogP contribution is 2.22. The molecule has 0 aromatic heterocycles. The quantitative estimate of drug-likeness (QED) is 0.529. The van der Waals surface area contributed by atoms with Crippen molar-refractivity contribution in [2.75, 3.05) is 7.11 Å². The van der Waals surface area contributed by atoms with Crippen molar-refractivity contribution in [3.63, 3.8) is 0 Å². The molecule has 74 valence electrons. The van der Waals surface area contributed by atoms with E-state index in [1.807, 2.05) is 0 Å². The molecule has 3 heteroatoms. The van der Waals surface area contributed by atoms with Gasteiger partial charge >= 0.3 is 5.97 Å². The summed E-state index contributed by atoms with van der Waals surface area (Å²) in [4.78, 5) is 11.0. The molecule has 0 amide bonds. The van der Waals surface area contributed by atoms with Gasteiger partial charge in [0.15, 0.2) is 0 Å². The van der Waals surface area contributed by atoms with Crippen molar-refractivity contribution >= 4 is 5.97 Å². The van der Waals surface area contributed by atoms with E-state index >= 15 is 0 Å². The Hall–Kier alpha value is -0.830. The summed E-state index contributed by atoms with van der Waals surface area (Å²) in [7, 11) is 1.38. The number of hydrogen-bond donors (Lipinski definition) is 1. The van der Waals surface area contributed by atoms with Crippen LogP contribution in [0, 0.1) is 5.92 Å². The highest BCUT2D eigenvalue weighted by Gasteiger charge is 2.19. The molecule has 0 radical (unpaired) electrons. The van der Waals surface area contributed by atoms with Gasteiger partial charge < -0.3 is 10.5 Å². The zero-order chi connectivity index (χ0) is 9.68. The normalized spacial score (nSPS) is 24.0. The summed E-state index contributed by atoms with van der Waals surface area (Å²) >= 11 is 0. The lowest BCUT2D eigenvalue weighted by Gasteiger charge is -2.20. The molecule has 1 rings (SSSR count). The number of hydrogen-bond acceptors (Lipinski definition) is 3. The van der Waals surface area contributed by atoms with Crippen LogP contribution in [0.5, 0.6) is 0 Å². The van der Waals surface area contributed by atoms with Crippen molar-refractivity contribution in [1.29, 1.82) is 0 Å². The summed E-state index contributed by atoms with van der Waals surface area (Å²) in [6.07, 6.45) is 8.39. The number of allylic oxidation sites excluding steroid dienone is 2. The van der Waals surface area contributed by atoms with Crippen molar-refractivity contribution in [3.8, 4) is 0 Å². The molecule has 2 N–H and O–H groups in total. The van der Waals surface area contributed by atoms with E-state index in [0.29, 0.717) is 5.92 Å². The minimum Gasteiger partial charge on any atom is -0.468 e. The van der Waals surface area contributed by atoms with Crippen LogP contribution in [0.3, 0.4) is 0 Å². The van der Waals surface area contributed by atoms with Crippen LogP contribution in [0.15, 0.2) is 12.2 Å². The molecular weight excluding hydrogens is 166 g/mol. The molecule has 0 bridgehead atoms. The Kier molecular flexibility index (Phi) is 3.96. The van der Waals surface area contributed by atoms with Crippen LogP contribution >= 0.6 is 0 Å². The van der Waals surface area contributed by atoms with Crippen LogP contribution < -0.4 is 5.73 Å². The predicted octanol–water partition coefficient (Wildman–Crippen LogP) is 1.23. The zero-order valence-electron chi connectivity index (χ0n) is 8.03. The van der Waals surface area contributed by atoms with Crippen LogP contribution in [0.2, 0.25) is 0 Å². The van der Waals surface area contributed by atoms with Gasteiger partial charge in [0.25, 0.3) is 0 Å². The highest BCUT2D eigenvalue weighted by atomic mass is 16.5. The average molecular weight is 183 g/mol. The maximum absolute atomic E-state index is 11.0. The minimum atomic E-state index is -0.443. The van der Waals surface area contributed by atoms with Gasteiger partial charge in [-0.15, -0.1) is 0 Å². The summed E-state index contributed by atoms with van der Waals surface area (Å²) in [5.74, 6) is 0.258. The number of rotatable bonds is 3. The predicted molar refractivity (Wildman–Crippen MR) is 51.1 cm³/mol. The van der Waals surface area contributed by atoms with Gasteiger partial charge in [0.2, 0.25) is 0 Å². The first kappa shape index (κ1) is 10.3. The lowest BCUT2D eigenvalue weighted by Crippen LogP contribution is -2.33. The third-order valence-electron chi connectivity index (χ3n) is 2.47. The number of methoxy groups -OCH3 is 1. The zero-order valence-corrected chi connectivity index (χ0v) is 8.03. The Labute approximate surface area is 78.9 Å². The lowest BCUT2D eigenvalue weighted by molar-refractivity contribution is -0.142. The van der Waals surface area contributed by atoms with Gasteiger partial charge in [-0.05, 0) is 31.6 Å². The largest absolute Gasteiger partial charge is 0.468 e. The fraction of sp³-hybridized carbons (Fsp3) is 0.700. The standard InChI is InChI=1S/C10H17NO2/c1-13-10(12)9(11)7-8-5-3-2-4-6-8/h2-3,8-9H,4-7,11H2,1H3. The molecule has 2 unspecified atom stereocenters. The van der Waals surface area contributed by atoms with E-state index in [2.05, 4.69) is 16.9 Å². The van der Waals surface area contributed by atoms with Crippen molar-refractivity contribution in [2.45, 2.75) is 31.7 Å². The van der Waals surface area contributed by atoms with E-state index < -0.39 is 6.04 Å². The monoisotopic (exact) mass is 183 g/mol. The van der Waals surface area contributed by atoms with Gasteiger partial charge in [0, 0.05) is 0 Å². The molecular formula is C10H17NO2. The molecule has 0 saturated heterocycles. The van der Waals surface area contributed by atoms with E-state index in [0.717, 1.165) is 25.7 Å². The second kappa shape index (κ2) is 5.02. The summed E-state index contributed by atoms with van der Waals surface area (Å²) in [5, 5.41) is 0. The fourth-order valence-corrected chi connectivity index (χ4v) is 1.68. The highest BCUT2D eigenvalue weighted by molar-refractivity contribution is 5.75. The number of esters is 1. The Morgan fingerprint density at radius 2 is 2.46 bits per heavy atom. The molecule has 2 atom stereocenters. The van der Waals surface area contributed by atoms with Crippen molar-refractivity contribution in [2.24, 2.45) is 11.7 Å². The molecule has 0 aromatic rings. The number of ether oxygens (including phenoxy) is 1. The van der Waals surface area contributed by atoms with E-state index in [4.69, 9.17) is 5.73 Å². The van der Waals surface area contributed by atoms with Crippen LogP contribution in [0.25, 0.3) is 0 Å². The first-order valence-corrected chi connectivity index (χ1v) is 4.72. The first-order chi connectivity index (χ1) is 6.24. The molecule has 0 saturated carbocycles. The topological polar surface area (TPSA) is 52.3 Å². The summed E-state index contributed by atoms with van der Waals surface area (Å²) in [6.45, 7) is 0. The van der Waals surface area contributed by atoms with Gasteiger partial charge in [-0.1, -0.05) is 12.2 Å². The molecule has 0 heterocycles. The van der Waals surface area contributed by atoms with E-state index in [9.17, 15) is 4.79 Å². The first-order valence-electron chi connectivity index (χ1n) is 4.72. The molecule has 3 nitrogen and oxygen atoms in total. The Morgan fingerprint density at radius 3 is 3.00 bits per heavy atom. The van der Waals surface area contributed by atoms with Crippen molar-refractivity contribution in [3.05, 3.63) is 12.2 Å². The van der Waals surface area contributed by atoms with Gasteiger partial charge in [0.1, 0.15) is 6.04 Å².